The zero-order chi connectivity index (χ0) is 19.1. The maximum Gasteiger partial charge on any atom is 0.325 e. The Hall–Kier alpha value is -3.75. The van der Waals surface area contributed by atoms with Gasteiger partial charge in [-0.1, -0.05) is 24.3 Å². The molecule has 1 heterocycles. The lowest BCUT2D eigenvalue weighted by atomic mass is 10.2. The van der Waals surface area contributed by atoms with Crippen LogP contribution in [-0.4, -0.2) is 45.7 Å². The Balaban J connectivity index is 1.52. The van der Waals surface area contributed by atoms with Crippen molar-refractivity contribution in [2.75, 3.05) is 13.7 Å². The molecule has 1 N–H and O–H groups in total. The highest BCUT2D eigenvalue weighted by Gasteiger charge is 2.13. The molecule has 0 saturated carbocycles. The summed E-state index contributed by atoms with van der Waals surface area (Å²) in [5.41, 5.74) is 1.13. The van der Waals surface area contributed by atoms with Crippen molar-refractivity contribution < 1.29 is 19.1 Å². The summed E-state index contributed by atoms with van der Waals surface area (Å²) in [7, 11) is 1.51. The molecular weight excluding hydrogens is 350 g/mol. The first-order chi connectivity index (χ1) is 13.2. The van der Waals surface area contributed by atoms with Crippen molar-refractivity contribution in [3.05, 3.63) is 66.0 Å². The van der Waals surface area contributed by atoms with Crippen LogP contribution in [0.2, 0.25) is 0 Å². The Bertz CT molecular complexity index is 926. The lowest BCUT2D eigenvalue weighted by molar-refractivity contribution is -0.143. The highest BCUT2D eigenvalue weighted by atomic mass is 16.5. The first kappa shape index (κ1) is 18.1. The monoisotopic (exact) mass is 367 g/mol. The Labute approximate surface area is 154 Å². The van der Waals surface area contributed by atoms with Crippen LogP contribution < -0.4 is 10.1 Å². The number of amides is 1. The van der Waals surface area contributed by atoms with E-state index in [0.717, 1.165) is 5.69 Å². The number of carbonyl (C=O) groups is 2. The minimum atomic E-state index is -0.603. The largest absolute Gasteiger partial charge is 0.497 e. The van der Waals surface area contributed by atoms with E-state index < -0.39 is 11.9 Å². The summed E-state index contributed by atoms with van der Waals surface area (Å²) in [6.07, 6.45) is 0. The van der Waals surface area contributed by atoms with Gasteiger partial charge in [-0.15, -0.1) is 5.10 Å². The minimum absolute atomic E-state index is 0.115. The van der Waals surface area contributed by atoms with Crippen LogP contribution >= 0.6 is 0 Å². The van der Waals surface area contributed by atoms with Crippen molar-refractivity contribution in [3.63, 3.8) is 0 Å². The number of methoxy groups -OCH3 is 1. The third kappa shape index (κ3) is 4.66. The van der Waals surface area contributed by atoms with E-state index in [1.54, 1.807) is 24.3 Å². The van der Waals surface area contributed by atoms with Gasteiger partial charge >= 0.3 is 5.97 Å². The number of aromatic nitrogens is 4. The molecule has 1 aromatic heterocycles. The van der Waals surface area contributed by atoms with Crippen LogP contribution in [0.25, 0.3) is 5.69 Å². The van der Waals surface area contributed by atoms with Gasteiger partial charge in [0.25, 0.3) is 5.91 Å². The molecule has 138 valence electrons. The number of esters is 1. The number of benzene rings is 2. The summed E-state index contributed by atoms with van der Waals surface area (Å²) in [6, 6.07) is 15.8. The number of nitrogens with one attached hydrogen (secondary N) is 1. The highest BCUT2D eigenvalue weighted by molar-refractivity contribution is 5.96. The van der Waals surface area contributed by atoms with E-state index in [0.29, 0.717) is 17.1 Å². The number of nitrogens with zero attached hydrogens (tertiary/aromatic N) is 4. The van der Waals surface area contributed by atoms with Crippen molar-refractivity contribution in [1.82, 2.24) is 25.5 Å². The van der Waals surface area contributed by atoms with Gasteiger partial charge in [0, 0.05) is 5.56 Å². The van der Waals surface area contributed by atoms with E-state index >= 15 is 0 Å². The van der Waals surface area contributed by atoms with Gasteiger partial charge in [-0.05, 0) is 40.8 Å². The molecule has 27 heavy (non-hydrogen) atoms. The van der Waals surface area contributed by atoms with Gasteiger partial charge in [0.2, 0.25) is 0 Å². The number of para-hydroxylation sites is 1. The predicted molar refractivity (Wildman–Crippen MR) is 94.3 cm³/mol. The maximum atomic E-state index is 12.1. The van der Waals surface area contributed by atoms with Crippen molar-refractivity contribution in [2.45, 2.75) is 6.61 Å². The van der Waals surface area contributed by atoms with Crippen LogP contribution in [0.5, 0.6) is 5.75 Å². The lowest BCUT2D eigenvalue weighted by Gasteiger charge is -2.08. The van der Waals surface area contributed by atoms with Gasteiger partial charge in [-0.2, -0.15) is 4.68 Å². The molecule has 0 saturated heterocycles. The molecule has 0 aliphatic carbocycles. The fourth-order valence-corrected chi connectivity index (χ4v) is 2.28. The van der Waals surface area contributed by atoms with E-state index in [1.165, 1.54) is 11.8 Å². The molecule has 0 spiro atoms. The molecule has 9 heteroatoms. The molecule has 0 fully saturated rings. The summed E-state index contributed by atoms with van der Waals surface area (Å²) in [5, 5.41) is 13.8. The Morgan fingerprint density at radius 3 is 2.70 bits per heavy atom. The number of carbonyl (C=O) groups excluding carboxylic acids is 2. The first-order valence-corrected chi connectivity index (χ1v) is 8.08. The van der Waals surface area contributed by atoms with E-state index in [-0.39, 0.29) is 13.2 Å². The number of hydrogen-bond acceptors (Lipinski definition) is 7. The van der Waals surface area contributed by atoms with E-state index in [1.807, 2.05) is 30.3 Å². The van der Waals surface area contributed by atoms with Gasteiger partial charge in [0.05, 0.1) is 12.8 Å². The molecule has 3 aromatic rings. The molecule has 2 aromatic carbocycles. The summed E-state index contributed by atoms with van der Waals surface area (Å²) >= 11 is 0. The van der Waals surface area contributed by atoms with Gasteiger partial charge < -0.3 is 14.8 Å². The number of ether oxygens (including phenoxy) is 2. The standard InChI is InChI=1S/C18H17N5O4/c1-26-15-9-5-6-13(10-15)18(25)19-11-17(24)27-12-16-20-21-22-23(16)14-7-3-2-4-8-14/h2-10H,11-12H2,1H3,(H,19,25). The summed E-state index contributed by atoms with van der Waals surface area (Å²) in [6.45, 7) is -0.390. The zero-order valence-corrected chi connectivity index (χ0v) is 14.5. The summed E-state index contributed by atoms with van der Waals surface area (Å²) < 4.78 is 11.7. The average Bonchev–Trinajstić information content (AvgIpc) is 3.19. The topological polar surface area (TPSA) is 108 Å². The number of hydrogen-bond donors (Lipinski definition) is 1. The molecule has 9 nitrogen and oxygen atoms in total. The SMILES string of the molecule is COc1cccc(C(=O)NCC(=O)OCc2nnnn2-c2ccccc2)c1. The zero-order valence-electron chi connectivity index (χ0n) is 14.5. The van der Waals surface area contributed by atoms with Crippen molar-refractivity contribution >= 4 is 11.9 Å². The van der Waals surface area contributed by atoms with Crippen LogP contribution in [-0.2, 0) is 16.1 Å². The quantitative estimate of drug-likeness (QED) is 0.624. The normalized spacial score (nSPS) is 10.3. The first-order valence-electron chi connectivity index (χ1n) is 8.08. The Kier molecular flexibility index (Phi) is 5.73. The van der Waals surface area contributed by atoms with Gasteiger partial charge in [0.1, 0.15) is 12.3 Å². The summed E-state index contributed by atoms with van der Waals surface area (Å²) in [5.74, 6) is -0.0829. The van der Waals surface area contributed by atoms with Crippen molar-refractivity contribution in [1.29, 1.82) is 0 Å². The van der Waals surface area contributed by atoms with Crippen LogP contribution in [0, 0.1) is 0 Å². The second-order valence-electron chi connectivity index (χ2n) is 5.42. The fraction of sp³-hybridized carbons (Fsp3) is 0.167. The van der Waals surface area contributed by atoms with Crippen LogP contribution in [0.4, 0.5) is 0 Å². The highest BCUT2D eigenvalue weighted by Crippen LogP contribution is 2.12. The molecule has 3 rings (SSSR count). The second kappa shape index (κ2) is 8.56. The molecule has 0 unspecified atom stereocenters. The van der Waals surface area contributed by atoms with Crippen LogP contribution in [0.3, 0.4) is 0 Å². The molecule has 0 atom stereocenters. The third-order valence-electron chi connectivity index (χ3n) is 3.62. The summed E-state index contributed by atoms with van der Waals surface area (Å²) in [4.78, 5) is 24.0. The maximum absolute atomic E-state index is 12.1. The van der Waals surface area contributed by atoms with Gasteiger partial charge in [-0.3, -0.25) is 9.59 Å². The molecule has 0 bridgehead atoms. The predicted octanol–water partition coefficient (Wildman–Crippen LogP) is 1.14. The second-order valence-corrected chi connectivity index (χ2v) is 5.42. The molecule has 0 aliphatic heterocycles. The molecule has 1 amide bonds. The lowest BCUT2D eigenvalue weighted by Crippen LogP contribution is -2.30. The minimum Gasteiger partial charge on any atom is -0.497 e. The van der Waals surface area contributed by atoms with E-state index in [2.05, 4.69) is 20.8 Å². The van der Waals surface area contributed by atoms with Crippen LogP contribution in [0.15, 0.2) is 54.6 Å². The fourth-order valence-electron chi connectivity index (χ4n) is 2.28. The molecule has 0 aliphatic rings. The Morgan fingerprint density at radius 1 is 1.11 bits per heavy atom. The van der Waals surface area contributed by atoms with Crippen LogP contribution in [0.1, 0.15) is 16.2 Å². The third-order valence-corrected chi connectivity index (χ3v) is 3.62. The Morgan fingerprint density at radius 2 is 1.93 bits per heavy atom. The van der Waals surface area contributed by atoms with Gasteiger partial charge in [-0.25, -0.2) is 0 Å². The number of rotatable bonds is 7. The van der Waals surface area contributed by atoms with E-state index in [4.69, 9.17) is 9.47 Å². The average molecular weight is 367 g/mol. The molecular formula is C18H17N5O4. The molecule has 0 radical (unpaired) electrons. The van der Waals surface area contributed by atoms with E-state index in [9.17, 15) is 9.59 Å². The van der Waals surface area contributed by atoms with Crippen molar-refractivity contribution in [3.8, 4) is 11.4 Å². The number of tetrazole rings is 1. The smallest absolute Gasteiger partial charge is 0.325 e. The van der Waals surface area contributed by atoms with Crippen molar-refractivity contribution in [2.24, 2.45) is 0 Å². The van der Waals surface area contributed by atoms with Gasteiger partial charge in [0.15, 0.2) is 12.4 Å².